The fourth-order valence-corrected chi connectivity index (χ4v) is 4.33. The van der Waals surface area contributed by atoms with Gasteiger partial charge in [-0.1, -0.05) is 49.1 Å². The molecule has 3 heterocycles. The van der Waals surface area contributed by atoms with Crippen molar-refractivity contribution in [2.75, 3.05) is 6.54 Å². The van der Waals surface area contributed by atoms with E-state index in [1.807, 2.05) is 19.1 Å². The molecule has 0 spiro atoms. The van der Waals surface area contributed by atoms with Crippen LogP contribution in [0.15, 0.2) is 58.4 Å². The number of carboxylic acids is 1. The molecule has 0 unspecified atom stereocenters. The van der Waals surface area contributed by atoms with E-state index in [0.717, 1.165) is 28.6 Å². The van der Waals surface area contributed by atoms with Gasteiger partial charge in [0.1, 0.15) is 27.8 Å². The van der Waals surface area contributed by atoms with Gasteiger partial charge in [-0.3, -0.25) is 23.7 Å². The van der Waals surface area contributed by atoms with Crippen molar-refractivity contribution in [3.05, 3.63) is 75.0 Å². The summed E-state index contributed by atoms with van der Waals surface area (Å²) in [5, 5.41) is 9.03. The molecule has 4 rings (SSSR count). The summed E-state index contributed by atoms with van der Waals surface area (Å²) in [5.41, 5.74) is 1.14. The van der Waals surface area contributed by atoms with E-state index in [1.165, 1.54) is 10.5 Å². The maximum Gasteiger partial charge on any atom is 0.323 e. The predicted octanol–water partition coefficient (Wildman–Crippen LogP) is 3.34. The van der Waals surface area contributed by atoms with Crippen LogP contribution in [-0.2, 0) is 16.0 Å². The van der Waals surface area contributed by atoms with Gasteiger partial charge < -0.3 is 9.84 Å². The van der Waals surface area contributed by atoms with Crippen LogP contribution in [0.25, 0.3) is 11.7 Å². The number of thiocarbonyl (C=S) groups is 1. The fraction of sp³-hybridized carbons (Fsp3) is 0.136. The van der Waals surface area contributed by atoms with Crippen molar-refractivity contribution >= 4 is 51.9 Å². The van der Waals surface area contributed by atoms with E-state index in [2.05, 4.69) is 4.98 Å². The number of nitrogens with zero attached hydrogens (tertiary/aromatic N) is 3. The van der Waals surface area contributed by atoms with Gasteiger partial charge in [-0.2, -0.15) is 4.98 Å². The van der Waals surface area contributed by atoms with Gasteiger partial charge in [-0.15, -0.1) is 0 Å². The highest BCUT2D eigenvalue weighted by Gasteiger charge is 2.34. The SMILES string of the molecule is CCc1ccc(Oc2nc3ccccn3c(=O)c2/C=C2/SC(=S)N(CC(=O)O)C2=O)cc1. The smallest absolute Gasteiger partial charge is 0.323 e. The van der Waals surface area contributed by atoms with Gasteiger partial charge in [0.15, 0.2) is 0 Å². The quantitative estimate of drug-likeness (QED) is 0.435. The molecular formula is C22H17N3O5S2. The van der Waals surface area contributed by atoms with Crippen LogP contribution in [0.1, 0.15) is 18.1 Å². The molecule has 0 bridgehead atoms. The normalized spacial score (nSPS) is 15.0. The van der Waals surface area contributed by atoms with Crippen LogP contribution in [-0.4, -0.2) is 42.1 Å². The molecule has 0 radical (unpaired) electrons. The molecule has 10 heteroatoms. The molecule has 3 aromatic rings. The van der Waals surface area contributed by atoms with Gasteiger partial charge >= 0.3 is 5.97 Å². The summed E-state index contributed by atoms with van der Waals surface area (Å²) >= 11 is 6.06. The van der Waals surface area contributed by atoms with Crippen LogP contribution >= 0.6 is 24.0 Å². The topological polar surface area (TPSA) is 101 Å². The minimum Gasteiger partial charge on any atom is -0.480 e. The maximum atomic E-state index is 13.2. The van der Waals surface area contributed by atoms with E-state index >= 15 is 0 Å². The lowest BCUT2D eigenvalue weighted by atomic mass is 10.2. The molecule has 0 atom stereocenters. The summed E-state index contributed by atoms with van der Waals surface area (Å²) < 4.78 is 7.38. The second kappa shape index (κ2) is 8.93. The van der Waals surface area contributed by atoms with E-state index in [1.54, 1.807) is 36.5 Å². The number of aromatic nitrogens is 2. The van der Waals surface area contributed by atoms with Crippen molar-refractivity contribution in [3.8, 4) is 11.6 Å². The number of hydrogen-bond acceptors (Lipinski definition) is 7. The third-order valence-electron chi connectivity index (χ3n) is 4.72. The van der Waals surface area contributed by atoms with Crippen LogP contribution in [0.3, 0.4) is 0 Å². The van der Waals surface area contributed by atoms with Crippen molar-refractivity contribution in [2.24, 2.45) is 0 Å². The second-order valence-corrected chi connectivity index (χ2v) is 8.50. The number of rotatable bonds is 6. The Bertz CT molecular complexity index is 1330. The third-order valence-corrected chi connectivity index (χ3v) is 6.10. The van der Waals surface area contributed by atoms with Gasteiger partial charge in [0.25, 0.3) is 11.5 Å². The number of carbonyl (C=O) groups is 2. The maximum absolute atomic E-state index is 13.2. The van der Waals surface area contributed by atoms with E-state index in [-0.39, 0.29) is 20.7 Å². The Kier molecular flexibility index (Phi) is 6.06. The number of carbonyl (C=O) groups excluding carboxylic acids is 1. The first-order valence-electron chi connectivity index (χ1n) is 9.62. The lowest BCUT2D eigenvalue weighted by molar-refractivity contribution is -0.140. The summed E-state index contributed by atoms with van der Waals surface area (Å²) in [4.78, 5) is 42.5. The number of amides is 1. The molecule has 1 aliphatic heterocycles. The van der Waals surface area contributed by atoms with Crippen molar-refractivity contribution in [1.82, 2.24) is 14.3 Å². The monoisotopic (exact) mass is 467 g/mol. The van der Waals surface area contributed by atoms with Crippen LogP contribution < -0.4 is 10.3 Å². The molecule has 32 heavy (non-hydrogen) atoms. The second-order valence-electron chi connectivity index (χ2n) is 6.83. The van der Waals surface area contributed by atoms with Crippen molar-refractivity contribution in [3.63, 3.8) is 0 Å². The zero-order valence-corrected chi connectivity index (χ0v) is 18.5. The number of ether oxygens (including phenoxy) is 1. The van der Waals surface area contributed by atoms with E-state index in [4.69, 9.17) is 22.1 Å². The highest BCUT2D eigenvalue weighted by molar-refractivity contribution is 8.26. The van der Waals surface area contributed by atoms with E-state index in [0.29, 0.717) is 11.4 Å². The minimum absolute atomic E-state index is 0.0361. The van der Waals surface area contributed by atoms with Crippen molar-refractivity contribution < 1.29 is 19.4 Å². The Hall–Kier alpha value is -3.50. The lowest BCUT2D eigenvalue weighted by Crippen LogP contribution is -2.33. The molecule has 1 aromatic carbocycles. The van der Waals surface area contributed by atoms with Crippen molar-refractivity contribution in [2.45, 2.75) is 13.3 Å². The number of hydrogen-bond donors (Lipinski definition) is 1. The summed E-state index contributed by atoms with van der Waals surface area (Å²) in [6.45, 7) is 1.49. The number of aliphatic carboxylic acids is 1. The van der Waals surface area contributed by atoms with Gasteiger partial charge in [0.2, 0.25) is 5.88 Å². The number of thioether (sulfide) groups is 1. The molecule has 0 saturated carbocycles. The minimum atomic E-state index is -1.19. The number of pyridine rings is 1. The molecule has 1 aliphatic rings. The Morgan fingerprint density at radius 3 is 2.66 bits per heavy atom. The van der Waals surface area contributed by atoms with Gasteiger partial charge in [-0.05, 0) is 42.3 Å². The molecule has 8 nitrogen and oxygen atoms in total. The van der Waals surface area contributed by atoms with E-state index in [9.17, 15) is 14.4 Å². The first-order chi connectivity index (χ1) is 15.4. The molecule has 162 valence electrons. The molecule has 1 amide bonds. The van der Waals surface area contributed by atoms with Crippen LogP contribution in [0.2, 0.25) is 0 Å². The van der Waals surface area contributed by atoms with Gasteiger partial charge in [0, 0.05) is 6.20 Å². The number of fused-ring (bicyclic) bond motifs is 1. The van der Waals surface area contributed by atoms with Crippen molar-refractivity contribution in [1.29, 1.82) is 0 Å². The molecule has 1 fully saturated rings. The molecule has 0 aliphatic carbocycles. The van der Waals surface area contributed by atoms with Gasteiger partial charge in [-0.25, -0.2) is 0 Å². The Morgan fingerprint density at radius 2 is 1.97 bits per heavy atom. The summed E-state index contributed by atoms with van der Waals surface area (Å²) in [7, 11) is 0. The lowest BCUT2D eigenvalue weighted by Gasteiger charge is -2.11. The Morgan fingerprint density at radius 1 is 1.22 bits per heavy atom. The number of aryl methyl sites for hydroxylation is 1. The zero-order chi connectivity index (χ0) is 22.8. The summed E-state index contributed by atoms with van der Waals surface area (Å²) in [6.07, 6.45) is 3.79. The van der Waals surface area contributed by atoms with Crippen LogP contribution in [0.4, 0.5) is 0 Å². The van der Waals surface area contributed by atoms with Gasteiger partial charge in [0.05, 0.1) is 4.91 Å². The van der Waals surface area contributed by atoms with Crippen LogP contribution in [0.5, 0.6) is 11.6 Å². The molecule has 1 N–H and O–H groups in total. The first kappa shape index (κ1) is 21.7. The largest absolute Gasteiger partial charge is 0.480 e. The average Bonchev–Trinajstić information content (AvgIpc) is 3.04. The molecule has 1 saturated heterocycles. The average molecular weight is 468 g/mol. The van der Waals surface area contributed by atoms with Crippen LogP contribution in [0, 0.1) is 0 Å². The molecule has 2 aromatic heterocycles. The number of benzene rings is 1. The predicted molar refractivity (Wildman–Crippen MR) is 125 cm³/mol. The fourth-order valence-electron chi connectivity index (χ4n) is 3.09. The third kappa shape index (κ3) is 4.27. The standard InChI is InChI=1S/C22H17N3O5S2/c1-2-13-6-8-14(9-7-13)30-19-15(20(28)24-10-4-3-5-17(24)23-19)11-16-21(29)25(12-18(26)27)22(31)32-16/h3-11H,2,12H2,1H3,(H,26,27)/b16-11+. The Labute approximate surface area is 192 Å². The summed E-state index contributed by atoms with van der Waals surface area (Å²) in [6, 6.07) is 12.5. The first-order valence-corrected chi connectivity index (χ1v) is 10.8. The molecular weight excluding hydrogens is 450 g/mol. The Balaban J connectivity index is 1.81. The zero-order valence-electron chi connectivity index (χ0n) is 16.8. The van der Waals surface area contributed by atoms with E-state index < -0.39 is 24.0 Å². The highest BCUT2D eigenvalue weighted by atomic mass is 32.2. The highest BCUT2D eigenvalue weighted by Crippen LogP contribution is 2.34. The number of carboxylic acid groups (broad SMARTS) is 1. The summed E-state index contributed by atoms with van der Waals surface area (Å²) in [5.74, 6) is -1.25.